The Kier molecular flexibility index (Phi) is 4.33. The lowest BCUT2D eigenvalue weighted by molar-refractivity contribution is 0.0929. The summed E-state index contributed by atoms with van der Waals surface area (Å²) in [7, 11) is 0. The molecule has 0 saturated heterocycles. The topological polar surface area (TPSA) is 58.6 Å². The number of benzene rings is 1. The van der Waals surface area contributed by atoms with Gasteiger partial charge in [-0.05, 0) is 36.1 Å². The van der Waals surface area contributed by atoms with Crippen molar-refractivity contribution in [3.05, 3.63) is 34.9 Å². The highest BCUT2D eigenvalue weighted by atomic mass is 16.5. The van der Waals surface area contributed by atoms with Crippen LogP contribution in [0.4, 0.5) is 0 Å². The molecular formula is C14H19NO3. The number of hydrogen-bond acceptors (Lipinski definition) is 3. The van der Waals surface area contributed by atoms with Crippen molar-refractivity contribution in [2.24, 2.45) is 0 Å². The van der Waals surface area contributed by atoms with E-state index in [4.69, 9.17) is 9.84 Å². The fourth-order valence-electron chi connectivity index (χ4n) is 2.12. The smallest absolute Gasteiger partial charge is 0.251 e. The number of fused-ring (bicyclic) bond motifs is 1. The lowest BCUT2D eigenvalue weighted by Crippen LogP contribution is -2.35. The van der Waals surface area contributed by atoms with Crippen LogP contribution in [0.3, 0.4) is 0 Å². The molecule has 1 aliphatic rings. The molecule has 1 atom stereocenters. The molecule has 0 radical (unpaired) electrons. The number of hydrogen-bond donors (Lipinski definition) is 2. The molecule has 2 rings (SSSR count). The van der Waals surface area contributed by atoms with Gasteiger partial charge in [0, 0.05) is 18.2 Å². The molecule has 18 heavy (non-hydrogen) atoms. The Hall–Kier alpha value is -1.39. The van der Waals surface area contributed by atoms with E-state index < -0.39 is 0 Å². The minimum absolute atomic E-state index is 0.0343. The standard InChI is InChI=1S/C14H19NO3/c1-2-13(5-6-16)15-14(17)10-3-4-11-8-18-9-12(11)7-10/h3-4,7,13,16H,2,5-6,8-9H2,1H3,(H,15,17). The second-order valence-electron chi connectivity index (χ2n) is 4.57. The van der Waals surface area contributed by atoms with Crippen LogP contribution in [0.25, 0.3) is 0 Å². The maximum atomic E-state index is 12.1. The van der Waals surface area contributed by atoms with Crippen molar-refractivity contribution >= 4 is 5.91 Å². The number of carbonyl (C=O) groups excluding carboxylic acids is 1. The lowest BCUT2D eigenvalue weighted by atomic mass is 10.1. The molecule has 4 heteroatoms. The largest absolute Gasteiger partial charge is 0.396 e. The highest BCUT2D eigenvalue weighted by Gasteiger charge is 2.16. The number of nitrogens with one attached hydrogen (secondary N) is 1. The molecular weight excluding hydrogens is 230 g/mol. The molecule has 1 heterocycles. The maximum absolute atomic E-state index is 12.1. The van der Waals surface area contributed by atoms with Crippen molar-refractivity contribution in [2.75, 3.05) is 6.61 Å². The molecule has 98 valence electrons. The van der Waals surface area contributed by atoms with Gasteiger partial charge in [0.15, 0.2) is 0 Å². The van der Waals surface area contributed by atoms with Gasteiger partial charge < -0.3 is 15.2 Å². The average Bonchev–Trinajstić information content (AvgIpc) is 2.85. The van der Waals surface area contributed by atoms with Gasteiger partial charge in [-0.3, -0.25) is 4.79 Å². The van der Waals surface area contributed by atoms with E-state index in [1.165, 1.54) is 0 Å². The predicted molar refractivity (Wildman–Crippen MR) is 68.2 cm³/mol. The van der Waals surface area contributed by atoms with Crippen LogP contribution in [0.2, 0.25) is 0 Å². The fraction of sp³-hybridized carbons (Fsp3) is 0.500. The second-order valence-corrected chi connectivity index (χ2v) is 4.57. The van der Waals surface area contributed by atoms with Gasteiger partial charge in [0.25, 0.3) is 5.91 Å². The van der Waals surface area contributed by atoms with Crippen molar-refractivity contribution in [1.82, 2.24) is 5.32 Å². The summed E-state index contributed by atoms with van der Waals surface area (Å²) >= 11 is 0. The first-order valence-electron chi connectivity index (χ1n) is 6.36. The zero-order chi connectivity index (χ0) is 13.0. The lowest BCUT2D eigenvalue weighted by Gasteiger charge is -2.15. The Morgan fingerprint density at radius 1 is 1.44 bits per heavy atom. The first-order valence-corrected chi connectivity index (χ1v) is 6.36. The SMILES string of the molecule is CCC(CCO)NC(=O)c1ccc2c(c1)COC2. The van der Waals surface area contributed by atoms with E-state index in [0.717, 1.165) is 17.5 Å². The van der Waals surface area contributed by atoms with Crippen molar-refractivity contribution in [3.8, 4) is 0 Å². The van der Waals surface area contributed by atoms with Crippen LogP contribution in [0.15, 0.2) is 18.2 Å². The van der Waals surface area contributed by atoms with Crippen molar-refractivity contribution in [3.63, 3.8) is 0 Å². The molecule has 0 saturated carbocycles. The van der Waals surface area contributed by atoms with Crippen LogP contribution in [-0.4, -0.2) is 23.7 Å². The molecule has 4 nitrogen and oxygen atoms in total. The van der Waals surface area contributed by atoms with Gasteiger partial charge in [0.1, 0.15) is 0 Å². The van der Waals surface area contributed by atoms with Gasteiger partial charge in [-0.25, -0.2) is 0 Å². The quantitative estimate of drug-likeness (QED) is 0.833. The second kappa shape index (κ2) is 5.98. The molecule has 0 aromatic heterocycles. The van der Waals surface area contributed by atoms with Crippen molar-refractivity contribution < 1.29 is 14.6 Å². The Balaban J connectivity index is 2.04. The summed E-state index contributed by atoms with van der Waals surface area (Å²) in [5, 5.41) is 11.8. The van der Waals surface area contributed by atoms with Gasteiger partial charge >= 0.3 is 0 Å². The normalized spacial score (nSPS) is 15.2. The molecule has 1 aliphatic heterocycles. The summed E-state index contributed by atoms with van der Waals surface area (Å²) in [6, 6.07) is 5.70. The molecule has 0 bridgehead atoms. The van der Waals surface area contributed by atoms with Crippen LogP contribution in [-0.2, 0) is 18.0 Å². The van der Waals surface area contributed by atoms with E-state index in [9.17, 15) is 4.79 Å². The first kappa shape index (κ1) is 13.1. The van der Waals surface area contributed by atoms with Crippen LogP contribution in [0, 0.1) is 0 Å². The van der Waals surface area contributed by atoms with Crippen LogP contribution >= 0.6 is 0 Å². The number of aliphatic hydroxyl groups is 1. The minimum Gasteiger partial charge on any atom is -0.396 e. The molecule has 0 aliphatic carbocycles. The number of rotatable bonds is 5. The molecule has 1 aromatic carbocycles. The summed E-state index contributed by atoms with van der Waals surface area (Å²) in [6.45, 7) is 3.32. The number of aliphatic hydroxyl groups excluding tert-OH is 1. The fourth-order valence-corrected chi connectivity index (χ4v) is 2.12. The van der Waals surface area contributed by atoms with E-state index >= 15 is 0 Å². The van der Waals surface area contributed by atoms with Crippen molar-refractivity contribution in [2.45, 2.75) is 39.0 Å². The number of ether oxygens (including phenoxy) is 1. The predicted octanol–water partition coefficient (Wildman–Crippen LogP) is 1.61. The maximum Gasteiger partial charge on any atom is 0.251 e. The zero-order valence-corrected chi connectivity index (χ0v) is 10.6. The third kappa shape index (κ3) is 2.89. The summed E-state index contributed by atoms with van der Waals surface area (Å²) < 4.78 is 5.33. The average molecular weight is 249 g/mol. The minimum atomic E-state index is -0.0787. The Bertz CT molecular complexity index is 431. The van der Waals surface area contributed by atoms with E-state index in [1.807, 2.05) is 25.1 Å². The molecule has 0 spiro atoms. The third-order valence-electron chi connectivity index (χ3n) is 3.29. The van der Waals surface area contributed by atoms with Gasteiger partial charge in [-0.1, -0.05) is 13.0 Å². The van der Waals surface area contributed by atoms with Crippen LogP contribution < -0.4 is 5.32 Å². The van der Waals surface area contributed by atoms with Gasteiger partial charge in [0.05, 0.1) is 13.2 Å². The third-order valence-corrected chi connectivity index (χ3v) is 3.29. The molecule has 1 unspecified atom stereocenters. The first-order chi connectivity index (χ1) is 8.74. The Labute approximate surface area is 107 Å². The van der Waals surface area contributed by atoms with Gasteiger partial charge in [-0.15, -0.1) is 0 Å². The Morgan fingerprint density at radius 3 is 2.94 bits per heavy atom. The van der Waals surface area contributed by atoms with Crippen LogP contribution in [0.1, 0.15) is 41.3 Å². The number of amides is 1. The van der Waals surface area contributed by atoms with Gasteiger partial charge in [-0.2, -0.15) is 0 Å². The van der Waals surface area contributed by atoms with E-state index in [2.05, 4.69) is 5.32 Å². The molecule has 1 aromatic rings. The summed E-state index contributed by atoms with van der Waals surface area (Å²) in [5.41, 5.74) is 2.92. The van der Waals surface area contributed by atoms with E-state index in [1.54, 1.807) is 0 Å². The summed E-state index contributed by atoms with van der Waals surface area (Å²) in [6.07, 6.45) is 1.41. The highest BCUT2D eigenvalue weighted by Crippen LogP contribution is 2.20. The monoisotopic (exact) mass is 249 g/mol. The van der Waals surface area contributed by atoms with Gasteiger partial charge in [0.2, 0.25) is 0 Å². The summed E-state index contributed by atoms with van der Waals surface area (Å²) in [4.78, 5) is 12.1. The summed E-state index contributed by atoms with van der Waals surface area (Å²) in [5.74, 6) is -0.0787. The molecule has 2 N–H and O–H groups in total. The van der Waals surface area contributed by atoms with E-state index in [-0.39, 0.29) is 18.6 Å². The zero-order valence-electron chi connectivity index (χ0n) is 10.6. The van der Waals surface area contributed by atoms with Crippen LogP contribution in [0.5, 0.6) is 0 Å². The van der Waals surface area contributed by atoms with Crippen molar-refractivity contribution in [1.29, 1.82) is 0 Å². The number of carbonyl (C=O) groups is 1. The molecule has 1 amide bonds. The van der Waals surface area contributed by atoms with E-state index in [0.29, 0.717) is 25.2 Å². The molecule has 0 fully saturated rings. The highest BCUT2D eigenvalue weighted by molar-refractivity contribution is 5.94. The Morgan fingerprint density at radius 2 is 2.22 bits per heavy atom.